The molecule has 178 valence electrons. The second-order valence-electron chi connectivity index (χ2n) is 9.86. The van der Waals surface area contributed by atoms with Crippen LogP contribution in [-0.2, 0) is 11.3 Å². The van der Waals surface area contributed by atoms with Crippen LogP contribution in [0.4, 0.5) is 5.69 Å². The van der Waals surface area contributed by atoms with Gasteiger partial charge in [-0.25, -0.2) is 4.98 Å². The Bertz CT molecular complexity index is 1280. The summed E-state index contributed by atoms with van der Waals surface area (Å²) in [5, 5.41) is 12.5. The van der Waals surface area contributed by atoms with E-state index in [2.05, 4.69) is 50.8 Å². The van der Waals surface area contributed by atoms with Gasteiger partial charge in [0.15, 0.2) is 5.82 Å². The Hall–Kier alpha value is -2.74. The Labute approximate surface area is 200 Å². The van der Waals surface area contributed by atoms with Crippen LogP contribution in [0.15, 0.2) is 36.4 Å². The van der Waals surface area contributed by atoms with E-state index < -0.39 is 0 Å². The molecule has 0 atom stereocenters. The highest BCUT2D eigenvalue weighted by Gasteiger charge is 2.41. The summed E-state index contributed by atoms with van der Waals surface area (Å²) in [6.45, 7) is 8.06. The molecule has 7 heteroatoms. The van der Waals surface area contributed by atoms with Crippen molar-refractivity contribution in [1.82, 2.24) is 30.0 Å². The predicted molar refractivity (Wildman–Crippen MR) is 138 cm³/mol. The van der Waals surface area contributed by atoms with Crippen LogP contribution < -0.4 is 9.80 Å². The normalized spacial score (nSPS) is 19.2. The molecule has 3 N–H and O–H groups in total. The number of nitrogens with zero attached hydrogens (tertiary/aromatic N) is 3. The Morgan fingerprint density at radius 2 is 1.88 bits per heavy atom. The van der Waals surface area contributed by atoms with Gasteiger partial charge in [0, 0.05) is 50.1 Å². The molecule has 0 bridgehead atoms. The molecule has 6 rings (SSSR count). The number of imidazole rings is 1. The minimum absolute atomic E-state index is 0.570. The number of benzene rings is 2. The van der Waals surface area contributed by atoms with E-state index in [1.807, 2.05) is 13.0 Å². The summed E-state index contributed by atoms with van der Waals surface area (Å²) in [6.07, 6.45) is 6.51. The molecule has 2 aromatic heterocycles. The minimum Gasteiger partial charge on any atom is -0.377 e. The van der Waals surface area contributed by atoms with E-state index in [4.69, 9.17) is 9.72 Å². The summed E-state index contributed by atoms with van der Waals surface area (Å²) in [4.78, 5) is 8.57. The molecule has 0 amide bonds. The molecule has 0 unspecified atom stereocenters. The second-order valence-corrected chi connectivity index (χ2v) is 9.86. The number of likely N-dealkylation sites (tertiary alicyclic amines) is 1. The van der Waals surface area contributed by atoms with Gasteiger partial charge in [-0.1, -0.05) is 12.1 Å². The van der Waals surface area contributed by atoms with Crippen LogP contribution in [0.3, 0.4) is 0 Å². The zero-order valence-electron chi connectivity index (χ0n) is 20.1. The van der Waals surface area contributed by atoms with Crippen LogP contribution in [-0.4, -0.2) is 59.0 Å². The van der Waals surface area contributed by atoms with Crippen molar-refractivity contribution in [3.63, 3.8) is 0 Å². The lowest BCUT2D eigenvalue weighted by Crippen LogP contribution is -2.62. The number of hydrogen-bond acceptors (Lipinski definition) is 4. The third kappa shape index (κ3) is 3.72. The largest absolute Gasteiger partial charge is 0.377 e. The Morgan fingerprint density at radius 3 is 2.71 bits per heavy atom. The van der Waals surface area contributed by atoms with E-state index in [-0.39, 0.29) is 0 Å². The van der Waals surface area contributed by atoms with Gasteiger partial charge in [0.2, 0.25) is 0 Å². The smallest absolute Gasteiger partial charge is 0.159 e. The number of hydrogen-bond donors (Lipinski definition) is 3. The maximum Gasteiger partial charge on any atom is 0.159 e. The molecule has 7 nitrogen and oxygen atoms in total. The van der Waals surface area contributed by atoms with Gasteiger partial charge >= 0.3 is 0 Å². The monoisotopic (exact) mass is 459 g/mol. The number of nitrogens with one attached hydrogen (secondary N) is 3. The highest BCUT2D eigenvalue weighted by Crippen LogP contribution is 2.37. The molecule has 2 fully saturated rings. The molecular weight excluding hydrogens is 424 g/mol. The molecule has 2 aromatic carbocycles. The average Bonchev–Trinajstić information content (AvgIpc) is 3.52. The van der Waals surface area contributed by atoms with E-state index in [9.17, 15) is 0 Å². The molecule has 2 aliphatic rings. The first-order valence-corrected chi connectivity index (χ1v) is 12.9. The van der Waals surface area contributed by atoms with E-state index in [1.54, 1.807) is 0 Å². The maximum absolute atomic E-state index is 5.72. The standard InChI is InChI=1S/C27H35N6O/c1-2-34-18-19-7-6-8-23-25(19)26(32-31-23)27-29-22-10-9-21(17-24(22)30-27)33(15-4-3-5-16-33)20-11-13-28-14-12-20/h6-10,17,20,28H,2-5,11-16,18H2,1H3,(H,29,30)(H,31,32)/q+1. The number of rotatable bonds is 6. The minimum atomic E-state index is 0.570. The van der Waals surface area contributed by atoms with Crippen LogP contribution in [0.5, 0.6) is 0 Å². The SMILES string of the molecule is CCOCc1cccc2[nH]nc(-c3nc4ccc([N+]5(C6CCNCC6)CCCCC5)cc4[nH]3)c12. The van der Waals surface area contributed by atoms with Crippen LogP contribution in [0.2, 0.25) is 0 Å². The topological polar surface area (TPSA) is 78.6 Å². The summed E-state index contributed by atoms with van der Waals surface area (Å²) in [7, 11) is 0. The van der Waals surface area contributed by atoms with Crippen molar-refractivity contribution in [3.8, 4) is 11.5 Å². The second kappa shape index (κ2) is 9.13. The molecule has 2 saturated heterocycles. The van der Waals surface area contributed by atoms with Gasteiger partial charge < -0.3 is 15.0 Å². The number of aromatic nitrogens is 4. The summed E-state index contributed by atoms with van der Waals surface area (Å²) in [6, 6.07) is 13.8. The molecule has 2 aliphatic heterocycles. The molecule has 4 aromatic rings. The Kier molecular flexibility index (Phi) is 5.85. The van der Waals surface area contributed by atoms with Gasteiger partial charge in [-0.15, -0.1) is 0 Å². The zero-order valence-corrected chi connectivity index (χ0v) is 20.1. The quantitative estimate of drug-likeness (QED) is 0.359. The Morgan fingerprint density at radius 1 is 1.03 bits per heavy atom. The van der Waals surface area contributed by atoms with Crippen molar-refractivity contribution in [2.24, 2.45) is 0 Å². The summed E-state index contributed by atoms with van der Waals surface area (Å²) in [5.41, 5.74) is 6.55. The number of H-pyrrole nitrogens is 2. The van der Waals surface area contributed by atoms with Crippen molar-refractivity contribution in [2.75, 3.05) is 32.8 Å². The molecule has 0 spiro atoms. The van der Waals surface area contributed by atoms with E-state index in [1.165, 1.54) is 50.9 Å². The van der Waals surface area contributed by atoms with Crippen molar-refractivity contribution < 1.29 is 4.74 Å². The average molecular weight is 460 g/mol. The van der Waals surface area contributed by atoms with Crippen molar-refractivity contribution in [3.05, 3.63) is 42.0 Å². The van der Waals surface area contributed by atoms with Crippen LogP contribution in [0.25, 0.3) is 33.5 Å². The number of aromatic amines is 2. The zero-order chi connectivity index (χ0) is 23.0. The van der Waals surface area contributed by atoms with Crippen LogP contribution in [0.1, 0.15) is 44.6 Å². The molecule has 34 heavy (non-hydrogen) atoms. The predicted octanol–water partition coefficient (Wildman–Crippen LogP) is 4.89. The number of piperidine rings is 2. The fourth-order valence-corrected chi connectivity index (χ4v) is 6.25. The molecule has 0 radical (unpaired) electrons. The van der Waals surface area contributed by atoms with Gasteiger partial charge in [-0.05, 0) is 43.9 Å². The lowest BCUT2D eigenvalue weighted by atomic mass is 9.95. The third-order valence-electron chi connectivity index (χ3n) is 7.96. The first-order chi connectivity index (χ1) is 16.8. The fourth-order valence-electron chi connectivity index (χ4n) is 6.25. The van der Waals surface area contributed by atoms with E-state index in [0.717, 1.165) is 56.6 Å². The van der Waals surface area contributed by atoms with Crippen molar-refractivity contribution >= 4 is 27.6 Å². The maximum atomic E-state index is 5.72. The summed E-state index contributed by atoms with van der Waals surface area (Å²) in [5.74, 6) is 0.814. The Balaban J connectivity index is 1.41. The van der Waals surface area contributed by atoms with Crippen molar-refractivity contribution in [1.29, 1.82) is 0 Å². The van der Waals surface area contributed by atoms with Gasteiger partial charge in [-0.2, -0.15) is 5.10 Å². The van der Waals surface area contributed by atoms with Gasteiger partial charge in [0.1, 0.15) is 11.4 Å². The van der Waals surface area contributed by atoms with Crippen LogP contribution >= 0.6 is 0 Å². The number of quaternary nitrogens is 1. The lowest BCUT2D eigenvalue weighted by molar-refractivity contribution is 0.135. The van der Waals surface area contributed by atoms with Crippen LogP contribution in [0, 0.1) is 0 Å². The van der Waals surface area contributed by atoms with Crippen molar-refractivity contribution in [2.45, 2.75) is 51.7 Å². The third-order valence-corrected chi connectivity index (χ3v) is 7.96. The van der Waals surface area contributed by atoms with E-state index in [0.29, 0.717) is 19.3 Å². The fraction of sp³-hybridized carbons (Fsp3) is 0.481. The number of fused-ring (bicyclic) bond motifs is 2. The lowest BCUT2D eigenvalue weighted by Gasteiger charge is -2.48. The highest BCUT2D eigenvalue weighted by atomic mass is 16.5. The molecule has 4 heterocycles. The highest BCUT2D eigenvalue weighted by molar-refractivity contribution is 5.95. The first-order valence-electron chi connectivity index (χ1n) is 12.9. The van der Waals surface area contributed by atoms with E-state index >= 15 is 0 Å². The van der Waals surface area contributed by atoms with Gasteiger partial charge in [0.25, 0.3) is 0 Å². The molecular formula is C27H35N6O+. The summed E-state index contributed by atoms with van der Waals surface area (Å²) >= 11 is 0. The molecule has 0 aliphatic carbocycles. The summed E-state index contributed by atoms with van der Waals surface area (Å²) < 4.78 is 6.85. The van der Waals surface area contributed by atoms with Gasteiger partial charge in [0.05, 0.1) is 42.3 Å². The molecule has 0 saturated carbocycles. The number of ether oxygens (including phenoxy) is 1. The van der Waals surface area contributed by atoms with Gasteiger partial charge in [-0.3, -0.25) is 9.58 Å². The first kappa shape index (κ1) is 21.8.